The number of carboxylic acid groups (broad SMARTS) is 1. The molecule has 2 aliphatic heterocycles. The maximum absolute atomic E-state index is 10.6. The van der Waals surface area contributed by atoms with Crippen LogP contribution in [-0.4, -0.2) is 47.5 Å². The second kappa shape index (κ2) is 2.75. The smallest absolute Gasteiger partial charge is 0.352 e. The molecular weight excluding hydrogens is 158 g/mol. The van der Waals surface area contributed by atoms with Gasteiger partial charge >= 0.3 is 5.97 Å². The summed E-state index contributed by atoms with van der Waals surface area (Å²) in [5.74, 6) is -0.885. The molecule has 0 aromatic carbocycles. The molecule has 0 aromatic heterocycles. The topological polar surface area (TPSA) is 64.9 Å². The van der Waals surface area contributed by atoms with Crippen molar-refractivity contribution < 1.29 is 9.90 Å². The summed E-state index contributed by atoms with van der Waals surface area (Å²) in [6, 6.07) is 0.268. The number of carbonyl (C=O) groups is 1. The van der Waals surface area contributed by atoms with Crippen LogP contribution in [0.15, 0.2) is 5.10 Å². The Morgan fingerprint density at radius 1 is 1.75 bits per heavy atom. The summed E-state index contributed by atoms with van der Waals surface area (Å²) in [6.45, 7) is 2.56. The van der Waals surface area contributed by atoms with E-state index in [2.05, 4.69) is 10.4 Å². The van der Waals surface area contributed by atoms with E-state index in [0.717, 1.165) is 19.6 Å². The largest absolute Gasteiger partial charge is 0.477 e. The molecule has 5 heteroatoms. The van der Waals surface area contributed by atoms with Crippen molar-refractivity contribution in [1.82, 2.24) is 10.3 Å². The van der Waals surface area contributed by atoms with Crippen molar-refractivity contribution in [2.75, 3.05) is 19.6 Å². The summed E-state index contributed by atoms with van der Waals surface area (Å²) >= 11 is 0. The monoisotopic (exact) mass is 169 g/mol. The zero-order valence-electron chi connectivity index (χ0n) is 6.66. The van der Waals surface area contributed by atoms with Gasteiger partial charge in [-0.3, -0.25) is 5.01 Å². The number of hydrogen-bond acceptors (Lipinski definition) is 4. The third-order valence-electron chi connectivity index (χ3n) is 2.24. The van der Waals surface area contributed by atoms with Crippen LogP contribution >= 0.6 is 0 Å². The second-order valence-corrected chi connectivity index (χ2v) is 3.08. The molecule has 0 saturated carbocycles. The first-order valence-corrected chi connectivity index (χ1v) is 4.05. The Morgan fingerprint density at radius 2 is 2.58 bits per heavy atom. The first-order valence-electron chi connectivity index (χ1n) is 4.05. The molecule has 1 saturated heterocycles. The van der Waals surface area contributed by atoms with Crippen molar-refractivity contribution in [3.8, 4) is 0 Å². The molecule has 0 spiro atoms. The predicted octanol–water partition coefficient (Wildman–Crippen LogP) is -0.896. The average Bonchev–Trinajstić information content (AvgIpc) is 2.46. The Bertz CT molecular complexity index is 239. The van der Waals surface area contributed by atoms with Crippen LogP contribution in [0, 0.1) is 0 Å². The summed E-state index contributed by atoms with van der Waals surface area (Å²) in [5.41, 5.74) is 0.295. The molecule has 2 aliphatic rings. The van der Waals surface area contributed by atoms with Crippen molar-refractivity contribution in [1.29, 1.82) is 0 Å². The summed E-state index contributed by atoms with van der Waals surface area (Å²) in [4.78, 5) is 10.6. The lowest BCUT2D eigenvalue weighted by atomic mass is 10.1. The molecule has 5 nitrogen and oxygen atoms in total. The van der Waals surface area contributed by atoms with E-state index in [1.807, 2.05) is 5.01 Å². The zero-order chi connectivity index (χ0) is 8.55. The molecule has 0 radical (unpaired) electrons. The van der Waals surface area contributed by atoms with Gasteiger partial charge in [0, 0.05) is 26.1 Å². The molecular formula is C7H11N3O2. The second-order valence-electron chi connectivity index (χ2n) is 3.08. The molecule has 12 heavy (non-hydrogen) atoms. The Hall–Kier alpha value is -1.10. The van der Waals surface area contributed by atoms with Crippen LogP contribution in [0.2, 0.25) is 0 Å². The minimum absolute atomic E-state index is 0.268. The minimum Gasteiger partial charge on any atom is -0.477 e. The van der Waals surface area contributed by atoms with Crippen molar-refractivity contribution in [3.63, 3.8) is 0 Å². The molecule has 0 aromatic rings. The number of fused-ring (bicyclic) bond motifs is 1. The number of aliphatic carboxylic acids is 1. The van der Waals surface area contributed by atoms with Gasteiger partial charge in [-0.25, -0.2) is 4.79 Å². The molecule has 1 atom stereocenters. The number of nitrogens with one attached hydrogen (secondary N) is 1. The number of hydrogen-bond donors (Lipinski definition) is 2. The van der Waals surface area contributed by atoms with Crippen molar-refractivity contribution >= 4 is 11.7 Å². The lowest BCUT2D eigenvalue weighted by Gasteiger charge is -2.28. The first kappa shape index (κ1) is 7.54. The van der Waals surface area contributed by atoms with Gasteiger partial charge in [0.05, 0.1) is 6.04 Å². The fraction of sp³-hybridized carbons (Fsp3) is 0.714. The van der Waals surface area contributed by atoms with Crippen LogP contribution in [0.1, 0.15) is 6.42 Å². The number of rotatable bonds is 1. The molecule has 66 valence electrons. The van der Waals surface area contributed by atoms with E-state index < -0.39 is 5.97 Å². The maximum Gasteiger partial charge on any atom is 0.352 e. The van der Waals surface area contributed by atoms with Crippen LogP contribution in [0.4, 0.5) is 0 Å². The average molecular weight is 169 g/mol. The van der Waals surface area contributed by atoms with Crippen LogP contribution in [-0.2, 0) is 4.79 Å². The number of piperazine rings is 1. The molecule has 1 unspecified atom stereocenters. The van der Waals surface area contributed by atoms with Gasteiger partial charge in [-0.05, 0) is 0 Å². The van der Waals surface area contributed by atoms with Gasteiger partial charge in [-0.1, -0.05) is 0 Å². The van der Waals surface area contributed by atoms with Crippen molar-refractivity contribution in [2.45, 2.75) is 12.5 Å². The lowest BCUT2D eigenvalue weighted by Crippen LogP contribution is -2.46. The fourth-order valence-electron chi connectivity index (χ4n) is 1.61. The molecule has 0 bridgehead atoms. The van der Waals surface area contributed by atoms with Crippen LogP contribution in [0.25, 0.3) is 0 Å². The van der Waals surface area contributed by atoms with Crippen LogP contribution < -0.4 is 5.32 Å². The van der Waals surface area contributed by atoms with Gasteiger partial charge in [0.1, 0.15) is 5.71 Å². The molecule has 0 aliphatic carbocycles. The van der Waals surface area contributed by atoms with Crippen molar-refractivity contribution in [3.05, 3.63) is 0 Å². The maximum atomic E-state index is 10.6. The van der Waals surface area contributed by atoms with Gasteiger partial charge in [0.2, 0.25) is 0 Å². The summed E-state index contributed by atoms with van der Waals surface area (Å²) in [7, 11) is 0. The van der Waals surface area contributed by atoms with E-state index in [4.69, 9.17) is 5.11 Å². The Morgan fingerprint density at radius 3 is 3.25 bits per heavy atom. The minimum atomic E-state index is -0.885. The summed E-state index contributed by atoms with van der Waals surface area (Å²) in [6.07, 6.45) is 0.572. The third kappa shape index (κ3) is 1.16. The van der Waals surface area contributed by atoms with Crippen molar-refractivity contribution in [2.24, 2.45) is 5.10 Å². The van der Waals surface area contributed by atoms with Gasteiger partial charge in [0.25, 0.3) is 0 Å². The van der Waals surface area contributed by atoms with Crippen LogP contribution in [0.3, 0.4) is 0 Å². The van der Waals surface area contributed by atoms with E-state index in [1.165, 1.54) is 0 Å². The van der Waals surface area contributed by atoms with E-state index >= 15 is 0 Å². The normalized spacial score (nSPS) is 28.2. The first-order chi connectivity index (χ1) is 5.77. The highest BCUT2D eigenvalue weighted by molar-refractivity contribution is 6.36. The van der Waals surface area contributed by atoms with E-state index in [9.17, 15) is 4.79 Å². The Balaban J connectivity index is 2.09. The quantitative estimate of drug-likeness (QED) is 0.534. The predicted molar refractivity (Wildman–Crippen MR) is 43.1 cm³/mol. The molecule has 0 amide bonds. The highest BCUT2D eigenvalue weighted by atomic mass is 16.4. The SMILES string of the molecule is O=C(O)C1=NN2CCNCC2C1. The summed E-state index contributed by atoms with van der Waals surface area (Å²) in [5, 5.41) is 17.8. The molecule has 1 fully saturated rings. The highest BCUT2D eigenvalue weighted by Gasteiger charge is 2.31. The zero-order valence-corrected chi connectivity index (χ0v) is 6.66. The van der Waals surface area contributed by atoms with E-state index in [1.54, 1.807) is 0 Å². The Kier molecular flexibility index (Phi) is 1.73. The summed E-state index contributed by atoms with van der Waals surface area (Å²) < 4.78 is 0. The molecule has 2 rings (SSSR count). The van der Waals surface area contributed by atoms with Gasteiger partial charge in [0.15, 0.2) is 0 Å². The number of carboxylic acids is 1. The van der Waals surface area contributed by atoms with Gasteiger partial charge in [-0.15, -0.1) is 0 Å². The number of nitrogens with zero attached hydrogens (tertiary/aromatic N) is 2. The van der Waals surface area contributed by atoms with Gasteiger partial charge in [-0.2, -0.15) is 5.10 Å². The van der Waals surface area contributed by atoms with Gasteiger partial charge < -0.3 is 10.4 Å². The fourth-order valence-corrected chi connectivity index (χ4v) is 1.61. The number of hydrazone groups is 1. The van der Waals surface area contributed by atoms with E-state index in [-0.39, 0.29) is 6.04 Å². The van der Waals surface area contributed by atoms with Crippen LogP contribution in [0.5, 0.6) is 0 Å². The standard InChI is InChI=1S/C7H11N3O2/c11-7(12)6-3-5-4-8-1-2-10(5)9-6/h5,8H,1-4H2,(H,11,12). The lowest BCUT2D eigenvalue weighted by molar-refractivity contribution is -0.129. The molecule has 2 heterocycles. The molecule has 2 N–H and O–H groups in total. The van der Waals surface area contributed by atoms with E-state index in [0.29, 0.717) is 12.1 Å². The third-order valence-corrected chi connectivity index (χ3v) is 2.24. The highest BCUT2D eigenvalue weighted by Crippen LogP contribution is 2.16. The Labute approximate surface area is 70.0 Å².